The number of fused-ring (bicyclic) bond motifs is 1. The normalized spacial score (nSPS) is 11.7. The number of rotatable bonds is 4. The zero-order valence-electron chi connectivity index (χ0n) is 14.6. The molecular formula is C23H16INO2. The number of oxazole rings is 1. The van der Waals surface area contributed by atoms with Gasteiger partial charge in [-0.25, -0.2) is 4.98 Å². The minimum absolute atomic E-state index is 0.111. The molecule has 4 aromatic rings. The molecule has 132 valence electrons. The number of benzene rings is 3. The first-order chi connectivity index (χ1) is 13.1. The summed E-state index contributed by atoms with van der Waals surface area (Å²) in [5, 5.41) is 0. The molecule has 0 bridgehead atoms. The number of allylic oxidation sites excluding steroid dienone is 1. The summed E-state index contributed by atoms with van der Waals surface area (Å²) in [6.07, 6.45) is 1.84. The fourth-order valence-electron chi connectivity index (χ4n) is 2.80. The Morgan fingerprint density at radius 3 is 2.37 bits per heavy atom. The number of carbonyl (C=O) groups is 1. The van der Waals surface area contributed by atoms with Crippen LogP contribution >= 0.6 is 22.6 Å². The lowest BCUT2D eigenvalue weighted by Gasteiger charge is -2.05. The first-order valence-corrected chi connectivity index (χ1v) is 9.62. The number of halogens is 1. The summed E-state index contributed by atoms with van der Waals surface area (Å²) in [5.41, 5.74) is 4.48. The highest BCUT2D eigenvalue weighted by atomic mass is 127. The van der Waals surface area contributed by atoms with Crippen LogP contribution in [0.1, 0.15) is 27.4 Å². The summed E-state index contributed by atoms with van der Waals surface area (Å²) in [7, 11) is 0. The molecule has 0 aliphatic heterocycles. The number of aromatic nitrogens is 1. The average molecular weight is 465 g/mol. The Morgan fingerprint density at radius 2 is 1.67 bits per heavy atom. The molecule has 0 saturated carbocycles. The van der Waals surface area contributed by atoms with Crippen molar-refractivity contribution in [2.75, 3.05) is 0 Å². The maximum atomic E-state index is 13.2. The molecule has 0 N–H and O–H groups in total. The Labute approximate surface area is 170 Å². The lowest BCUT2D eigenvalue weighted by molar-refractivity contribution is 0.105. The summed E-state index contributed by atoms with van der Waals surface area (Å²) in [5.74, 6) is 0.223. The predicted octanol–water partition coefficient (Wildman–Crippen LogP) is 6.16. The van der Waals surface area contributed by atoms with Gasteiger partial charge in [-0.1, -0.05) is 54.1 Å². The third kappa shape index (κ3) is 3.85. The van der Waals surface area contributed by atoms with E-state index in [1.165, 1.54) is 0 Å². The summed E-state index contributed by atoms with van der Waals surface area (Å²) < 4.78 is 7.03. The van der Waals surface area contributed by atoms with E-state index in [-0.39, 0.29) is 5.78 Å². The Hall–Kier alpha value is -2.73. The number of nitrogens with zero attached hydrogens (tertiary/aromatic N) is 1. The van der Waals surface area contributed by atoms with E-state index in [0.29, 0.717) is 22.6 Å². The molecule has 0 saturated heterocycles. The van der Waals surface area contributed by atoms with Gasteiger partial charge in [-0.3, -0.25) is 4.79 Å². The van der Waals surface area contributed by atoms with Gasteiger partial charge < -0.3 is 4.42 Å². The van der Waals surface area contributed by atoms with E-state index in [1.54, 1.807) is 0 Å². The highest BCUT2D eigenvalue weighted by Crippen LogP contribution is 2.26. The highest BCUT2D eigenvalue weighted by Gasteiger charge is 2.20. The van der Waals surface area contributed by atoms with Crippen molar-refractivity contribution in [2.24, 2.45) is 0 Å². The van der Waals surface area contributed by atoms with Crippen LogP contribution in [-0.4, -0.2) is 10.8 Å². The van der Waals surface area contributed by atoms with Gasteiger partial charge in [0.05, 0.1) is 5.57 Å². The number of hydrogen-bond acceptors (Lipinski definition) is 3. The molecule has 0 atom stereocenters. The highest BCUT2D eigenvalue weighted by molar-refractivity contribution is 14.1. The maximum Gasteiger partial charge on any atom is 0.231 e. The second kappa shape index (κ2) is 7.48. The van der Waals surface area contributed by atoms with Gasteiger partial charge >= 0.3 is 0 Å². The first-order valence-electron chi connectivity index (χ1n) is 8.55. The van der Waals surface area contributed by atoms with E-state index in [4.69, 9.17) is 4.42 Å². The van der Waals surface area contributed by atoms with Crippen LogP contribution in [0.25, 0.3) is 22.7 Å². The summed E-state index contributed by atoms with van der Waals surface area (Å²) in [6, 6.07) is 23.0. The Balaban J connectivity index is 1.84. The van der Waals surface area contributed by atoms with Crippen LogP contribution in [-0.2, 0) is 0 Å². The van der Waals surface area contributed by atoms with E-state index < -0.39 is 0 Å². The molecule has 0 radical (unpaired) electrons. The van der Waals surface area contributed by atoms with Crippen LogP contribution in [0.4, 0.5) is 0 Å². The number of Topliss-reactive ketones (excluding diaryl/α,β-unsaturated/α-hetero) is 1. The van der Waals surface area contributed by atoms with Crippen molar-refractivity contribution in [3.05, 3.63) is 98.9 Å². The molecule has 3 nitrogen and oxygen atoms in total. The van der Waals surface area contributed by atoms with Gasteiger partial charge in [0.1, 0.15) is 5.52 Å². The molecule has 0 unspecified atom stereocenters. The van der Waals surface area contributed by atoms with Crippen molar-refractivity contribution in [1.29, 1.82) is 0 Å². The minimum Gasteiger partial charge on any atom is -0.436 e. The van der Waals surface area contributed by atoms with Crippen molar-refractivity contribution in [3.63, 3.8) is 0 Å². The number of para-hydroxylation sites is 2. The second-order valence-electron chi connectivity index (χ2n) is 6.29. The molecule has 0 fully saturated rings. The maximum absolute atomic E-state index is 13.2. The number of ketones is 1. The number of carbonyl (C=O) groups excluding carboxylic acids is 1. The van der Waals surface area contributed by atoms with Crippen LogP contribution in [0.3, 0.4) is 0 Å². The monoisotopic (exact) mass is 465 g/mol. The zero-order valence-corrected chi connectivity index (χ0v) is 16.8. The van der Waals surface area contributed by atoms with Gasteiger partial charge in [0.25, 0.3) is 0 Å². The van der Waals surface area contributed by atoms with Gasteiger partial charge in [0.15, 0.2) is 11.4 Å². The van der Waals surface area contributed by atoms with E-state index in [2.05, 4.69) is 27.6 Å². The quantitative estimate of drug-likeness (QED) is 0.206. The first kappa shape index (κ1) is 17.7. The van der Waals surface area contributed by atoms with Gasteiger partial charge in [0, 0.05) is 9.13 Å². The lowest BCUT2D eigenvalue weighted by Crippen LogP contribution is -2.03. The molecule has 0 spiro atoms. The van der Waals surface area contributed by atoms with Gasteiger partial charge in [0.2, 0.25) is 5.89 Å². The molecule has 4 heteroatoms. The topological polar surface area (TPSA) is 43.1 Å². The summed E-state index contributed by atoms with van der Waals surface area (Å²) in [6.45, 7) is 2.00. The fourth-order valence-corrected chi connectivity index (χ4v) is 3.16. The molecule has 0 aliphatic rings. The van der Waals surface area contributed by atoms with Gasteiger partial charge in [-0.05, 0) is 65.4 Å². The second-order valence-corrected chi connectivity index (χ2v) is 7.54. The van der Waals surface area contributed by atoms with Crippen LogP contribution in [0.15, 0.2) is 77.2 Å². The molecule has 3 aromatic carbocycles. The molecule has 1 aromatic heterocycles. The largest absolute Gasteiger partial charge is 0.436 e. The molecule has 0 aliphatic carbocycles. The van der Waals surface area contributed by atoms with Gasteiger partial charge in [-0.2, -0.15) is 0 Å². The fraction of sp³-hybridized carbons (Fsp3) is 0.0435. The van der Waals surface area contributed by atoms with Crippen molar-refractivity contribution >= 4 is 51.1 Å². The molecule has 1 heterocycles. The van der Waals surface area contributed by atoms with E-state index in [9.17, 15) is 4.79 Å². The third-order valence-corrected chi connectivity index (χ3v) is 4.98. The predicted molar refractivity (Wildman–Crippen MR) is 117 cm³/mol. The van der Waals surface area contributed by atoms with Crippen molar-refractivity contribution in [2.45, 2.75) is 6.92 Å². The molecular weight excluding hydrogens is 449 g/mol. The summed E-state index contributed by atoms with van der Waals surface area (Å²) >= 11 is 2.26. The standard InChI is InChI=1S/C23H16INO2/c1-15-6-10-17(11-7-15)22(26)19(14-16-8-12-18(24)13-9-16)23-25-20-4-2-3-5-21(20)27-23/h2-14H,1H3/b19-14+. The Bertz CT molecular complexity index is 1110. The minimum atomic E-state index is -0.111. The smallest absolute Gasteiger partial charge is 0.231 e. The van der Waals surface area contributed by atoms with E-state index in [0.717, 1.165) is 20.2 Å². The summed E-state index contributed by atoms with van der Waals surface area (Å²) in [4.78, 5) is 17.8. The van der Waals surface area contributed by atoms with Crippen molar-refractivity contribution in [3.8, 4) is 0 Å². The average Bonchev–Trinajstić information content (AvgIpc) is 3.11. The van der Waals surface area contributed by atoms with Crippen LogP contribution in [0.5, 0.6) is 0 Å². The van der Waals surface area contributed by atoms with Crippen molar-refractivity contribution in [1.82, 2.24) is 4.98 Å². The van der Waals surface area contributed by atoms with Crippen molar-refractivity contribution < 1.29 is 9.21 Å². The van der Waals surface area contributed by atoms with Crippen LogP contribution in [0, 0.1) is 10.5 Å². The molecule has 0 amide bonds. The number of aryl methyl sites for hydroxylation is 1. The zero-order chi connectivity index (χ0) is 18.8. The van der Waals surface area contributed by atoms with Crippen LogP contribution in [0.2, 0.25) is 0 Å². The Kier molecular flexibility index (Phi) is 4.90. The van der Waals surface area contributed by atoms with Crippen LogP contribution < -0.4 is 0 Å². The van der Waals surface area contributed by atoms with Gasteiger partial charge in [-0.15, -0.1) is 0 Å². The molecule has 27 heavy (non-hydrogen) atoms. The number of hydrogen-bond donors (Lipinski definition) is 0. The SMILES string of the molecule is Cc1ccc(C(=O)/C(=C\c2ccc(I)cc2)c2nc3ccccc3o2)cc1. The third-order valence-electron chi connectivity index (χ3n) is 4.26. The van der Waals surface area contributed by atoms with E-state index in [1.807, 2.05) is 85.8 Å². The Morgan fingerprint density at radius 1 is 0.963 bits per heavy atom. The van der Waals surface area contributed by atoms with E-state index >= 15 is 0 Å². The lowest BCUT2D eigenvalue weighted by atomic mass is 10.00. The molecule has 4 rings (SSSR count).